The van der Waals surface area contributed by atoms with Crippen LogP contribution in [0.15, 0.2) is 0 Å². The monoisotopic (exact) mass is 427 g/mol. The average molecular weight is 428 g/mol. The highest BCUT2D eigenvalue weighted by atomic mass is 16.4. The molecule has 172 valence electrons. The van der Waals surface area contributed by atoms with Crippen LogP contribution in [0.3, 0.4) is 0 Å². The number of aliphatic carboxylic acids is 1. The molecule has 7 N–H and O–H groups in total. The van der Waals surface area contributed by atoms with Crippen LogP contribution in [-0.4, -0.2) is 71.0 Å². The Morgan fingerprint density at radius 2 is 1.80 bits per heavy atom. The normalized spacial score (nSPS) is 20.2. The van der Waals surface area contributed by atoms with Crippen molar-refractivity contribution in [2.45, 2.75) is 83.5 Å². The van der Waals surface area contributed by atoms with Crippen LogP contribution in [0.2, 0.25) is 0 Å². The van der Waals surface area contributed by atoms with Gasteiger partial charge in [-0.25, -0.2) is 4.79 Å². The number of nitrogens with one attached hydrogen (secondary N) is 2. The van der Waals surface area contributed by atoms with Crippen LogP contribution in [0.1, 0.15) is 59.3 Å². The topological polar surface area (TPSA) is 168 Å². The highest BCUT2D eigenvalue weighted by molar-refractivity contribution is 5.94. The Bertz CT molecular complexity index is 614. The molecule has 0 aromatic heterocycles. The van der Waals surface area contributed by atoms with Gasteiger partial charge in [0.25, 0.3) is 0 Å². The van der Waals surface area contributed by atoms with E-state index >= 15 is 0 Å². The number of carboxylic acids is 1. The number of likely N-dealkylation sites (tertiary alicyclic amines) is 1. The molecule has 1 fully saturated rings. The molecule has 1 aliphatic heterocycles. The van der Waals surface area contributed by atoms with Crippen molar-refractivity contribution in [2.75, 3.05) is 13.1 Å². The number of carbonyl (C=O) groups is 4. The fourth-order valence-electron chi connectivity index (χ4n) is 3.45. The lowest BCUT2D eigenvalue weighted by atomic mass is 9.98. The fraction of sp³-hybridized carbons (Fsp3) is 0.800. The number of nitrogens with two attached hydrogens (primary N) is 2. The van der Waals surface area contributed by atoms with Crippen molar-refractivity contribution >= 4 is 23.7 Å². The summed E-state index contributed by atoms with van der Waals surface area (Å²) in [6.07, 6.45) is 3.42. The Labute approximate surface area is 178 Å². The molecule has 10 heteroatoms. The van der Waals surface area contributed by atoms with Gasteiger partial charge in [-0.1, -0.05) is 20.3 Å². The molecule has 5 unspecified atom stereocenters. The first kappa shape index (κ1) is 25.8. The number of unbranched alkanes of at least 4 members (excludes halogenated alkanes) is 1. The second-order valence-electron chi connectivity index (χ2n) is 8.02. The van der Waals surface area contributed by atoms with E-state index in [-0.39, 0.29) is 5.92 Å². The molecule has 1 saturated heterocycles. The highest BCUT2D eigenvalue weighted by Crippen LogP contribution is 2.18. The third-order valence-electron chi connectivity index (χ3n) is 5.69. The first-order valence-corrected chi connectivity index (χ1v) is 10.7. The van der Waals surface area contributed by atoms with Crippen LogP contribution in [-0.2, 0) is 19.2 Å². The minimum Gasteiger partial charge on any atom is -0.480 e. The maximum Gasteiger partial charge on any atom is 0.326 e. The number of carboxylic acid groups (broad SMARTS) is 1. The zero-order valence-corrected chi connectivity index (χ0v) is 18.2. The van der Waals surface area contributed by atoms with Gasteiger partial charge in [-0.3, -0.25) is 14.4 Å². The van der Waals surface area contributed by atoms with Gasteiger partial charge < -0.3 is 32.1 Å². The third kappa shape index (κ3) is 7.24. The predicted octanol–water partition coefficient (Wildman–Crippen LogP) is -0.446. The maximum absolute atomic E-state index is 12.8. The van der Waals surface area contributed by atoms with Crippen molar-refractivity contribution in [3.63, 3.8) is 0 Å². The Morgan fingerprint density at radius 3 is 2.37 bits per heavy atom. The van der Waals surface area contributed by atoms with Crippen LogP contribution in [0.4, 0.5) is 0 Å². The van der Waals surface area contributed by atoms with Crippen LogP contribution in [0, 0.1) is 5.92 Å². The van der Waals surface area contributed by atoms with Gasteiger partial charge >= 0.3 is 5.97 Å². The Kier molecular flexibility index (Phi) is 10.8. The molecule has 1 heterocycles. The van der Waals surface area contributed by atoms with Crippen molar-refractivity contribution in [3.05, 3.63) is 0 Å². The second kappa shape index (κ2) is 12.5. The van der Waals surface area contributed by atoms with Gasteiger partial charge in [-0.05, 0) is 51.5 Å². The summed E-state index contributed by atoms with van der Waals surface area (Å²) in [7, 11) is 0. The zero-order valence-electron chi connectivity index (χ0n) is 18.2. The molecule has 10 nitrogen and oxygen atoms in total. The average Bonchev–Trinajstić information content (AvgIpc) is 3.21. The molecule has 3 amide bonds. The molecular formula is C20H37N5O5. The summed E-state index contributed by atoms with van der Waals surface area (Å²) in [5.41, 5.74) is 11.5. The number of nitrogens with zero attached hydrogens (tertiary/aromatic N) is 1. The first-order chi connectivity index (χ1) is 14.1. The van der Waals surface area contributed by atoms with E-state index in [0.717, 1.165) is 6.42 Å². The van der Waals surface area contributed by atoms with E-state index in [2.05, 4.69) is 10.6 Å². The number of hydrogen-bond acceptors (Lipinski definition) is 6. The number of carbonyl (C=O) groups excluding carboxylic acids is 3. The minimum absolute atomic E-state index is 0.0404. The lowest BCUT2D eigenvalue weighted by Crippen LogP contribution is -2.57. The van der Waals surface area contributed by atoms with Crippen molar-refractivity contribution in [1.29, 1.82) is 0 Å². The molecule has 0 aromatic rings. The summed E-state index contributed by atoms with van der Waals surface area (Å²) >= 11 is 0. The van der Waals surface area contributed by atoms with Crippen molar-refractivity contribution in [2.24, 2.45) is 17.4 Å². The standard InChI is InChI=1S/C20H37N5O5/c1-4-12(2)16(22)18(27)24-14(8-5-6-10-21)17(26)23-13(3)19(28)25-11-7-9-15(25)20(29)30/h12-16H,4-11,21-22H2,1-3H3,(H,23,26)(H,24,27)(H,29,30). The first-order valence-electron chi connectivity index (χ1n) is 10.7. The molecule has 1 rings (SSSR count). The summed E-state index contributed by atoms with van der Waals surface area (Å²) in [5, 5.41) is 14.6. The van der Waals surface area contributed by atoms with E-state index in [0.29, 0.717) is 45.2 Å². The maximum atomic E-state index is 12.8. The predicted molar refractivity (Wildman–Crippen MR) is 112 cm³/mol. The SMILES string of the molecule is CCC(C)C(N)C(=O)NC(CCCCN)C(=O)NC(C)C(=O)N1CCCC1C(=O)O. The Hall–Kier alpha value is -2.20. The van der Waals surface area contributed by atoms with E-state index < -0.39 is 47.9 Å². The van der Waals surface area contributed by atoms with E-state index in [1.54, 1.807) is 0 Å². The van der Waals surface area contributed by atoms with E-state index in [1.807, 2.05) is 13.8 Å². The molecule has 0 aromatic carbocycles. The summed E-state index contributed by atoms with van der Waals surface area (Å²) < 4.78 is 0. The van der Waals surface area contributed by atoms with E-state index in [4.69, 9.17) is 11.5 Å². The Balaban J connectivity index is 2.78. The summed E-state index contributed by atoms with van der Waals surface area (Å²) in [4.78, 5) is 50.5. The van der Waals surface area contributed by atoms with Crippen molar-refractivity contribution < 1.29 is 24.3 Å². The number of rotatable bonds is 12. The van der Waals surface area contributed by atoms with Gasteiger partial charge in [-0.2, -0.15) is 0 Å². The van der Waals surface area contributed by atoms with E-state index in [1.165, 1.54) is 11.8 Å². The van der Waals surface area contributed by atoms with Gasteiger partial charge in [0.15, 0.2) is 0 Å². The van der Waals surface area contributed by atoms with Crippen molar-refractivity contribution in [3.8, 4) is 0 Å². The number of hydrogen-bond donors (Lipinski definition) is 5. The summed E-state index contributed by atoms with van der Waals surface area (Å²) in [6, 6.07) is -3.36. The van der Waals surface area contributed by atoms with Crippen LogP contribution >= 0.6 is 0 Å². The molecule has 0 saturated carbocycles. The van der Waals surface area contributed by atoms with Gasteiger partial charge in [0.2, 0.25) is 17.7 Å². The fourth-order valence-corrected chi connectivity index (χ4v) is 3.45. The van der Waals surface area contributed by atoms with E-state index in [9.17, 15) is 24.3 Å². The lowest BCUT2D eigenvalue weighted by molar-refractivity contribution is -0.149. The van der Waals surface area contributed by atoms with Gasteiger partial charge in [-0.15, -0.1) is 0 Å². The van der Waals surface area contributed by atoms with Gasteiger partial charge in [0.1, 0.15) is 18.1 Å². The number of amides is 3. The van der Waals surface area contributed by atoms with Gasteiger partial charge in [0, 0.05) is 6.54 Å². The summed E-state index contributed by atoms with van der Waals surface area (Å²) in [6.45, 7) is 6.12. The molecule has 0 bridgehead atoms. The Morgan fingerprint density at radius 1 is 1.13 bits per heavy atom. The third-order valence-corrected chi connectivity index (χ3v) is 5.69. The molecular weight excluding hydrogens is 390 g/mol. The minimum atomic E-state index is -1.05. The molecule has 0 spiro atoms. The highest BCUT2D eigenvalue weighted by Gasteiger charge is 2.37. The molecule has 0 radical (unpaired) electrons. The molecule has 30 heavy (non-hydrogen) atoms. The van der Waals surface area contributed by atoms with Crippen LogP contribution in [0.25, 0.3) is 0 Å². The van der Waals surface area contributed by atoms with Crippen molar-refractivity contribution in [1.82, 2.24) is 15.5 Å². The molecule has 0 aliphatic carbocycles. The quantitative estimate of drug-likeness (QED) is 0.263. The second-order valence-corrected chi connectivity index (χ2v) is 8.02. The smallest absolute Gasteiger partial charge is 0.326 e. The van der Waals surface area contributed by atoms with Crippen LogP contribution in [0.5, 0.6) is 0 Å². The lowest BCUT2D eigenvalue weighted by Gasteiger charge is -2.27. The zero-order chi connectivity index (χ0) is 22.8. The molecule has 5 atom stereocenters. The summed E-state index contributed by atoms with van der Waals surface area (Å²) in [5.74, 6) is -2.45. The molecule has 1 aliphatic rings. The van der Waals surface area contributed by atoms with Crippen LogP contribution < -0.4 is 22.1 Å². The largest absolute Gasteiger partial charge is 0.480 e. The van der Waals surface area contributed by atoms with Gasteiger partial charge in [0.05, 0.1) is 6.04 Å².